The summed E-state index contributed by atoms with van der Waals surface area (Å²) < 4.78 is 0. The molecule has 0 saturated carbocycles. The third-order valence-corrected chi connectivity index (χ3v) is 2.94. The molecule has 0 spiro atoms. The van der Waals surface area contributed by atoms with Crippen molar-refractivity contribution in [1.29, 1.82) is 0 Å². The molecule has 1 unspecified atom stereocenters. The molecule has 0 radical (unpaired) electrons. The number of hydrogen-bond donors (Lipinski definition) is 2. The molecule has 0 bridgehead atoms. The maximum Gasteiger partial charge on any atom is 0.234 e. The van der Waals surface area contributed by atoms with Crippen molar-refractivity contribution in [3.8, 4) is 0 Å². The van der Waals surface area contributed by atoms with Gasteiger partial charge in [-0.15, -0.1) is 0 Å². The molecule has 0 aromatic rings. The Morgan fingerprint density at radius 3 is 3.00 bits per heavy atom. The molecule has 1 heterocycles. The standard InChI is InChI=1S/C11H23N3O/c1-10-3-2-7-14(8-4-10)9-11(15)13-6-5-12/h10H,2-9,12H2,1H3,(H,13,15). The summed E-state index contributed by atoms with van der Waals surface area (Å²) in [6.07, 6.45) is 3.72. The molecule has 1 fully saturated rings. The van der Waals surface area contributed by atoms with E-state index in [4.69, 9.17) is 5.73 Å². The molecule has 1 rings (SSSR count). The monoisotopic (exact) mass is 213 g/mol. The molecule has 15 heavy (non-hydrogen) atoms. The lowest BCUT2D eigenvalue weighted by molar-refractivity contribution is -0.122. The van der Waals surface area contributed by atoms with Crippen molar-refractivity contribution in [3.63, 3.8) is 0 Å². The fourth-order valence-corrected chi connectivity index (χ4v) is 1.95. The van der Waals surface area contributed by atoms with Crippen molar-refractivity contribution in [2.24, 2.45) is 11.7 Å². The van der Waals surface area contributed by atoms with Crippen LogP contribution in [-0.4, -0.2) is 43.5 Å². The van der Waals surface area contributed by atoms with Gasteiger partial charge >= 0.3 is 0 Å². The van der Waals surface area contributed by atoms with Crippen LogP contribution in [0.1, 0.15) is 26.2 Å². The predicted octanol–water partition coefficient (Wildman–Crippen LogP) is 0.183. The number of carbonyl (C=O) groups excluding carboxylic acids is 1. The number of hydrogen-bond acceptors (Lipinski definition) is 3. The molecule has 1 aliphatic rings. The quantitative estimate of drug-likeness (QED) is 0.700. The van der Waals surface area contributed by atoms with E-state index in [-0.39, 0.29) is 5.91 Å². The lowest BCUT2D eigenvalue weighted by Crippen LogP contribution is -2.39. The van der Waals surface area contributed by atoms with Gasteiger partial charge in [-0.3, -0.25) is 9.69 Å². The third kappa shape index (κ3) is 5.14. The first kappa shape index (κ1) is 12.5. The summed E-state index contributed by atoms with van der Waals surface area (Å²) in [6.45, 7) is 6.04. The minimum absolute atomic E-state index is 0.106. The molecule has 4 nitrogen and oxygen atoms in total. The zero-order valence-electron chi connectivity index (χ0n) is 9.67. The number of nitrogens with two attached hydrogens (primary N) is 1. The summed E-state index contributed by atoms with van der Waals surface area (Å²) in [7, 11) is 0. The van der Waals surface area contributed by atoms with Gasteiger partial charge in [0.05, 0.1) is 6.54 Å². The van der Waals surface area contributed by atoms with E-state index in [0.717, 1.165) is 19.0 Å². The molecule has 1 atom stereocenters. The summed E-state index contributed by atoms with van der Waals surface area (Å²) in [5.74, 6) is 0.914. The first-order chi connectivity index (χ1) is 7.22. The van der Waals surface area contributed by atoms with Gasteiger partial charge in [-0.05, 0) is 38.3 Å². The van der Waals surface area contributed by atoms with E-state index in [9.17, 15) is 4.79 Å². The van der Waals surface area contributed by atoms with Gasteiger partial charge in [-0.25, -0.2) is 0 Å². The Bertz CT molecular complexity index is 196. The van der Waals surface area contributed by atoms with Gasteiger partial charge in [0, 0.05) is 13.1 Å². The Morgan fingerprint density at radius 2 is 2.27 bits per heavy atom. The van der Waals surface area contributed by atoms with Crippen LogP contribution in [0.25, 0.3) is 0 Å². The summed E-state index contributed by atoms with van der Waals surface area (Å²) in [6, 6.07) is 0. The molecule has 0 aromatic carbocycles. The Labute approximate surface area is 92.2 Å². The van der Waals surface area contributed by atoms with Crippen LogP contribution < -0.4 is 11.1 Å². The Kier molecular flexibility index (Phi) is 5.65. The van der Waals surface area contributed by atoms with Crippen molar-refractivity contribution in [2.45, 2.75) is 26.2 Å². The summed E-state index contributed by atoms with van der Waals surface area (Å²) in [4.78, 5) is 13.7. The van der Waals surface area contributed by atoms with Gasteiger partial charge in [0.1, 0.15) is 0 Å². The summed E-state index contributed by atoms with van der Waals surface area (Å²) >= 11 is 0. The lowest BCUT2D eigenvalue weighted by atomic mass is 10.0. The number of carbonyl (C=O) groups is 1. The second kappa shape index (κ2) is 6.80. The van der Waals surface area contributed by atoms with Gasteiger partial charge in [-0.2, -0.15) is 0 Å². The van der Waals surface area contributed by atoms with Crippen molar-refractivity contribution < 1.29 is 4.79 Å². The lowest BCUT2D eigenvalue weighted by Gasteiger charge is -2.19. The summed E-state index contributed by atoms with van der Waals surface area (Å²) in [5, 5.41) is 2.81. The Balaban J connectivity index is 2.22. The number of rotatable bonds is 4. The molecular formula is C11H23N3O. The molecule has 1 aliphatic heterocycles. The molecule has 4 heteroatoms. The van der Waals surface area contributed by atoms with Crippen LogP contribution >= 0.6 is 0 Å². The van der Waals surface area contributed by atoms with Gasteiger partial charge in [0.15, 0.2) is 0 Å². The van der Waals surface area contributed by atoms with Crippen molar-refractivity contribution in [1.82, 2.24) is 10.2 Å². The van der Waals surface area contributed by atoms with Crippen LogP contribution in [0.4, 0.5) is 0 Å². The second-order valence-electron chi connectivity index (χ2n) is 4.45. The van der Waals surface area contributed by atoms with Crippen LogP contribution in [0.3, 0.4) is 0 Å². The van der Waals surface area contributed by atoms with Crippen LogP contribution in [0, 0.1) is 5.92 Å². The summed E-state index contributed by atoms with van der Waals surface area (Å²) in [5.41, 5.74) is 5.32. The highest BCUT2D eigenvalue weighted by atomic mass is 16.2. The number of likely N-dealkylation sites (tertiary alicyclic amines) is 1. The van der Waals surface area contributed by atoms with Crippen molar-refractivity contribution in [2.75, 3.05) is 32.7 Å². The zero-order chi connectivity index (χ0) is 11.1. The first-order valence-electron chi connectivity index (χ1n) is 5.91. The minimum Gasteiger partial charge on any atom is -0.354 e. The number of nitrogens with one attached hydrogen (secondary N) is 1. The molecule has 0 aliphatic carbocycles. The minimum atomic E-state index is 0.106. The van der Waals surface area contributed by atoms with E-state index in [1.165, 1.54) is 19.3 Å². The predicted molar refractivity (Wildman–Crippen MR) is 61.5 cm³/mol. The highest BCUT2D eigenvalue weighted by molar-refractivity contribution is 5.77. The number of nitrogens with zero attached hydrogens (tertiary/aromatic N) is 1. The normalized spacial score (nSPS) is 23.5. The van der Waals surface area contributed by atoms with Gasteiger partial charge in [-0.1, -0.05) is 6.92 Å². The van der Waals surface area contributed by atoms with Crippen LogP contribution in [-0.2, 0) is 4.79 Å². The Morgan fingerprint density at radius 1 is 1.47 bits per heavy atom. The van der Waals surface area contributed by atoms with Crippen molar-refractivity contribution in [3.05, 3.63) is 0 Å². The fourth-order valence-electron chi connectivity index (χ4n) is 1.95. The average Bonchev–Trinajstić information content (AvgIpc) is 2.41. The van der Waals surface area contributed by atoms with E-state index in [1.807, 2.05) is 0 Å². The highest BCUT2D eigenvalue weighted by Crippen LogP contribution is 2.15. The van der Waals surface area contributed by atoms with Gasteiger partial charge < -0.3 is 11.1 Å². The molecule has 88 valence electrons. The molecule has 3 N–H and O–H groups in total. The molecule has 0 aromatic heterocycles. The highest BCUT2D eigenvalue weighted by Gasteiger charge is 2.15. The largest absolute Gasteiger partial charge is 0.354 e. The average molecular weight is 213 g/mol. The van der Waals surface area contributed by atoms with E-state index in [1.54, 1.807) is 0 Å². The van der Waals surface area contributed by atoms with Crippen LogP contribution in [0.15, 0.2) is 0 Å². The van der Waals surface area contributed by atoms with E-state index >= 15 is 0 Å². The first-order valence-corrected chi connectivity index (χ1v) is 5.91. The molecular weight excluding hydrogens is 190 g/mol. The Hall–Kier alpha value is -0.610. The van der Waals surface area contributed by atoms with Crippen LogP contribution in [0.5, 0.6) is 0 Å². The van der Waals surface area contributed by atoms with Crippen LogP contribution in [0.2, 0.25) is 0 Å². The van der Waals surface area contributed by atoms with Gasteiger partial charge in [0.25, 0.3) is 0 Å². The molecule has 1 saturated heterocycles. The topological polar surface area (TPSA) is 58.4 Å². The molecule has 1 amide bonds. The zero-order valence-corrected chi connectivity index (χ0v) is 9.67. The SMILES string of the molecule is CC1CCCN(CC(=O)NCCN)CC1. The van der Waals surface area contributed by atoms with E-state index in [2.05, 4.69) is 17.1 Å². The van der Waals surface area contributed by atoms with E-state index in [0.29, 0.717) is 19.6 Å². The van der Waals surface area contributed by atoms with Gasteiger partial charge in [0.2, 0.25) is 5.91 Å². The third-order valence-electron chi connectivity index (χ3n) is 2.94. The van der Waals surface area contributed by atoms with E-state index < -0.39 is 0 Å². The fraction of sp³-hybridized carbons (Fsp3) is 0.909. The maximum atomic E-state index is 11.5. The second-order valence-corrected chi connectivity index (χ2v) is 4.45. The smallest absolute Gasteiger partial charge is 0.234 e. The number of amides is 1. The maximum absolute atomic E-state index is 11.5. The van der Waals surface area contributed by atoms with Crippen molar-refractivity contribution >= 4 is 5.91 Å².